The topological polar surface area (TPSA) is 53.3 Å². The molecule has 0 bridgehead atoms. The number of benzene rings is 2. The molecule has 0 amide bonds. The van der Waals surface area contributed by atoms with Crippen LogP contribution in [0.25, 0.3) is 5.69 Å². The van der Waals surface area contributed by atoms with Gasteiger partial charge in [0.05, 0.1) is 17.8 Å². The molecule has 7 heteroatoms. The Hall–Kier alpha value is -3.16. The fourth-order valence-electron chi connectivity index (χ4n) is 4.64. The van der Waals surface area contributed by atoms with Crippen LogP contribution in [0.5, 0.6) is 5.75 Å². The summed E-state index contributed by atoms with van der Waals surface area (Å²) in [5, 5.41) is 14.0. The van der Waals surface area contributed by atoms with E-state index >= 15 is 0 Å². The number of rotatable bonds is 4. The summed E-state index contributed by atoms with van der Waals surface area (Å²) in [6.45, 7) is 4.27. The van der Waals surface area contributed by atoms with Crippen molar-refractivity contribution in [3.63, 3.8) is 0 Å². The number of phenols is 1. The highest BCUT2D eigenvalue weighted by atomic mass is 79.9. The lowest BCUT2D eigenvalue weighted by Gasteiger charge is -2.28. The molecule has 0 radical (unpaired) electrons. The van der Waals surface area contributed by atoms with Gasteiger partial charge in [-0.25, -0.2) is 0 Å². The quantitative estimate of drug-likeness (QED) is 0.318. The highest BCUT2D eigenvalue weighted by molar-refractivity contribution is 9.10. The van der Waals surface area contributed by atoms with Crippen LogP contribution in [0.3, 0.4) is 0 Å². The maximum Gasteiger partial charge on any atom is 0.174 e. The Morgan fingerprint density at radius 2 is 1.67 bits per heavy atom. The van der Waals surface area contributed by atoms with Gasteiger partial charge < -0.3 is 19.9 Å². The Labute approximate surface area is 206 Å². The molecule has 2 N–H and O–H groups in total. The number of aryl methyl sites for hydroxylation is 1. The van der Waals surface area contributed by atoms with E-state index in [0.29, 0.717) is 5.11 Å². The number of pyridine rings is 1. The Kier molecular flexibility index (Phi) is 5.68. The molecule has 1 aliphatic heterocycles. The summed E-state index contributed by atoms with van der Waals surface area (Å²) in [5.41, 5.74) is 6.43. The van der Waals surface area contributed by atoms with E-state index in [-0.39, 0.29) is 17.8 Å². The average Bonchev–Trinajstić information content (AvgIpc) is 3.31. The summed E-state index contributed by atoms with van der Waals surface area (Å²) in [6, 6.07) is 23.5. The van der Waals surface area contributed by atoms with Gasteiger partial charge in [-0.1, -0.05) is 22.0 Å². The van der Waals surface area contributed by atoms with Crippen molar-refractivity contribution >= 4 is 38.9 Å². The zero-order valence-electron chi connectivity index (χ0n) is 18.2. The number of aromatic nitrogens is 2. The van der Waals surface area contributed by atoms with Crippen molar-refractivity contribution < 1.29 is 5.11 Å². The fraction of sp³-hybridized carbons (Fsp3) is 0.154. The Bertz CT molecular complexity index is 1300. The molecule has 5 rings (SSSR count). The van der Waals surface area contributed by atoms with Gasteiger partial charge in [-0.05, 0) is 98.4 Å². The number of hydrogen-bond acceptors (Lipinski definition) is 3. The third-order valence-electron chi connectivity index (χ3n) is 6.10. The molecule has 2 aromatic carbocycles. The first-order chi connectivity index (χ1) is 15.9. The third-order valence-corrected chi connectivity index (χ3v) is 6.94. The predicted octanol–water partition coefficient (Wildman–Crippen LogP) is 6.13. The smallest absolute Gasteiger partial charge is 0.174 e. The van der Waals surface area contributed by atoms with Gasteiger partial charge in [0, 0.05) is 33.4 Å². The van der Waals surface area contributed by atoms with E-state index < -0.39 is 0 Å². The van der Waals surface area contributed by atoms with E-state index in [1.807, 2.05) is 36.5 Å². The van der Waals surface area contributed by atoms with Crippen LogP contribution in [-0.4, -0.2) is 19.8 Å². The molecule has 5 nitrogen and oxygen atoms in total. The Morgan fingerprint density at radius 3 is 2.33 bits per heavy atom. The summed E-state index contributed by atoms with van der Waals surface area (Å²) in [5.74, 6) is 0.225. The number of anilines is 1. The monoisotopic (exact) mass is 518 g/mol. The van der Waals surface area contributed by atoms with Crippen molar-refractivity contribution in [2.45, 2.75) is 25.9 Å². The van der Waals surface area contributed by atoms with Gasteiger partial charge in [0.25, 0.3) is 0 Å². The minimum atomic E-state index is -0.119. The second kappa shape index (κ2) is 8.65. The van der Waals surface area contributed by atoms with Gasteiger partial charge >= 0.3 is 0 Å². The van der Waals surface area contributed by atoms with E-state index in [2.05, 4.69) is 79.9 Å². The number of nitrogens with zero attached hydrogens (tertiary/aromatic N) is 3. The molecular weight excluding hydrogens is 496 g/mol. The first kappa shape index (κ1) is 21.7. The molecule has 2 aromatic heterocycles. The highest BCUT2D eigenvalue weighted by Crippen LogP contribution is 2.44. The van der Waals surface area contributed by atoms with E-state index in [9.17, 15) is 5.11 Å². The lowest BCUT2D eigenvalue weighted by molar-refractivity contribution is 0.475. The molecule has 0 saturated carbocycles. The van der Waals surface area contributed by atoms with Crippen molar-refractivity contribution in [2.24, 2.45) is 0 Å². The number of nitrogens with one attached hydrogen (secondary N) is 1. The molecule has 1 aliphatic rings. The number of phenolic OH excluding ortho intramolecular Hbond substituents is 1. The van der Waals surface area contributed by atoms with E-state index in [1.165, 1.54) is 5.56 Å². The second-order valence-corrected chi connectivity index (χ2v) is 9.45. The normalized spacial score (nSPS) is 17.9. The third kappa shape index (κ3) is 3.92. The van der Waals surface area contributed by atoms with Crippen molar-refractivity contribution in [1.29, 1.82) is 0 Å². The fourth-order valence-corrected chi connectivity index (χ4v) is 5.25. The minimum absolute atomic E-state index is 0.104. The average molecular weight is 519 g/mol. The van der Waals surface area contributed by atoms with Gasteiger partial charge in [0.15, 0.2) is 5.11 Å². The number of halogens is 1. The van der Waals surface area contributed by atoms with Crippen LogP contribution in [0.1, 0.15) is 34.7 Å². The lowest BCUT2D eigenvalue weighted by atomic mass is 9.96. The van der Waals surface area contributed by atoms with Crippen molar-refractivity contribution in [3.8, 4) is 11.4 Å². The first-order valence-electron chi connectivity index (χ1n) is 10.7. The number of thiocarbonyl (C=S) groups is 1. The minimum Gasteiger partial charge on any atom is -0.508 e. The van der Waals surface area contributed by atoms with Crippen LogP contribution in [0.4, 0.5) is 5.69 Å². The largest absolute Gasteiger partial charge is 0.508 e. The highest BCUT2D eigenvalue weighted by Gasteiger charge is 2.42. The molecule has 1 fully saturated rings. The summed E-state index contributed by atoms with van der Waals surface area (Å²) in [6.07, 6.45) is 1.81. The Balaban J connectivity index is 1.67. The number of aromatic hydroxyl groups is 1. The van der Waals surface area contributed by atoms with E-state index in [0.717, 1.165) is 32.9 Å². The molecule has 2 atom stereocenters. The maximum atomic E-state index is 9.82. The summed E-state index contributed by atoms with van der Waals surface area (Å²) in [4.78, 5) is 6.77. The summed E-state index contributed by atoms with van der Waals surface area (Å²) < 4.78 is 3.32. The summed E-state index contributed by atoms with van der Waals surface area (Å²) in [7, 11) is 0. The second-order valence-electron chi connectivity index (χ2n) is 8.15. The number of hydrogen-bond donors (Lipinski definition) is 2. The lowest BCUT2D eigenvalue weighted by Crippen LogP contribution is -2.29. The van der Waals surface area contributed by atoms with Gasteiger partial charge in [-0.3, -0.25) is 4.98 Å². The van der Waals surface area contributed by atoms with Crippen molar-refractivity contribution in [1.82, 2.24) is 14.9 Å². The van der Waals surface area contributed by atoms with Gasteiger partial charge in [0.2, 0.25) is 0 Å². The van der Waals surface area contributed by atoms with Gasteiger partial charge in [-0.2, -0.15) is 0 Å². The SMILES string of the molecule is Cc1cc([C@H]2[C@@H](c3ccccn3)NC(=S)N2c2ccc(O)cc2)c(C)n1-c1ccc(Br)cc1. The molecule has 0 spiro atoms. The molecule has 4 aromatic rings. The Morgan fingerprint density at radius 1 is 0.970 bits per heavy atom. The molecule has 1 saturated heterocycles. The molecule has 0 aliphatic carbocycles. The van der Waals surface area contributed by atoms with Crippen molar-refractivity contribution in [2.75, 3.05) is 4.90 Å². The van der Waals surface area contributed by atoms with Gasteiger partial charge in [-0.15, -0.1) is 0 Å². The van der Waals surface area contributed by atoms with E-state index in [1.54, 1.807) is 12.1 Å². The molecule has 166 valence electrons. The molecule has 33 heavy (non-hydrogen) atoms. The zero-order valence-corrected chi connectivity index (χ0v) is 20.6. The van der Waals surface area contributed by atoms with Crippen LogP contribution in [0.15, 0.2) is 83.5 Å². The van der Waals surface area contributed by atoms with Gasteiger partial charge in [0.1, 0.15) is 5.75 Å². The molecule has 3 heterocycles. The maximum absolute atomic E-state index is 9.82. The van der Waals surface area contributed by atoms with Crippen LogP contribution in [-0.2, 0) is 0 Å². The summed E-state index contributed by atoms with van der Waals surface area (Å²) >= 11 is 9.34. The standard InChI is InChI=1S/C26H23BrN4OS/c1-16-15-22(17(2)30(16)19-8-6-18(27)7-9-19)25-24(23-5-3-4-14-28-23)29-26(33)31(25)20-10-12-21(32)13-11-20/h3-15,24-25,32H,1-2H3,(H,29,33)/t24-,25+/m1/s1. The molecular formula is C26H23BrN4OS. The first-order valence-corrected chi connectivity index (χ1v) is 11.9. The van der Waals surface area contributed by atoms with E-state index in [4.69, 9.17) is 12.2 Å². The molecule has 0 unspecified atom stereocenters. The zero-order chi connectivity index (χ0) is 23.1. The van der Waals surface area contributed by atoms with Crippen molar-refractivity contribution in [3.05, 3.63) is 106 Å². The van der Waals surface area contributed by atoms with Crippen LogP contribution >= 0.6 is 28.1 Å². The van der Waals surface area contributed by atoms with Crippen LogP contribution in [0.2, 0.25) is 0 Å². The van der Waals surface area contributed by atoms with Crippen LogP contribution < -0.4 is 10.2 Å². The predicted molar refractivity (Wildman–Crippen MR) is 139 cm³/mol. The van der Waals surface area contributed by atoms with Crippen LogP contribution in [0, 0.1) is 13.8 Å².